The molecule has 7 heteroatoms. The Balaban J connectivity index is 1.47. The van der Waals surface area contributed by atoms with E-state index in [0.29, 0.717) is 18.7 Å². The van der Waals surface area contributed by atoms with E-state index < -0.39 is 23.0 Å². The summed E-state index contributed by atoms with van der Waals surface area (Å²) in [7, 11) is 0. The summed E-state index contributed by atoms with van der Waals surface area (Å²) in [5.74, 6) is -2.16. The monoisotopic (exact) mass is 378 g/mol. The first-order valence-corrected chi connectivity index (χ1v) is 9.57. The van der Waals surface area contributed by atoms with Crippen molar-refractivity contribution >= 4 is 11.9 Å². The van der Waals surface area contributed by atoms with E-state index in [1.54, 1.807) is 4.90 Å². The minimum absolute atomic E-state index is 0.0408. The zero-order valence-corrected chi connectivity index (χ0v) is 15.2. The van der Waals surface area contributed by atoms with Gasteiger partial charge < -0.3 is 10.0 Å². The maximum atomic E-state index is 14.0. The van der Waals surface area contributed by atoms with Gasteiger partial charge in [-0.25, -0.2) is 8.78 Å². The van der Waals surface area contributed by atoms with Crippen LogP contribution in [0.15, 0.2) is 18.2 Å². The van der Waals surface area contributed by atoms with E-state index in [9.17, 15) is 23.5 Å². The van der Waals surface area contributed by atoms with Crippen LogP contribution >= 0.6 is 0 Å². The van der Waals surface area contributed by atoms with Crippen LogP contribution in [-0.2, 0) is 16.1 Å². The maximum Gasteiger partial charge on any atom is 0.313 e. The van der Waals surface area contributed by atoms with E-state index >= 15 is 0 Å². The van der Waals surface area contributed by atoms with Crippen molar-refractivity contribution in [1.82, 2.24) is 9.80 Å². The lowest BCUT2D eigenvalue weighted by atomic mass is 9.81. The van der Waals surface area contributed by atoms with Crippen LogP contribution in [0.25, 0.3) is 0 Å². The Morgan fingerprint density at radius 1 is 1.15 bits per heavy atom. The van der Waals surface area contributed by atoms with Crippen molar-refractivity contribution in [3.8, 4) is 0 Å². The van der Waals surface area contributed by atoms with Crippen LogP contribution in [0.2, 0.25) is 0 Å². The molecule has 2 heterocycles. The lowest BCUT2D eigenvalue weighted by molar-refractivity contribution is -0.149. The quantitative estimate of drug-likeness (QED) is 0.875. The van der Waals surface area contributed by atoms with Gasteiger partial charge in [0.2, 0.25) is 5.91 Å². The molecule has 1 amide bonds. The molecule has 2 saturated heterocycles. The van der Waals surface area contributed by atoms with Gasteiger partial charge in [0.15, 0.2) is 0 Å². The first-order valence-electron chi connectivity index (χ1n) is 9.57. The first kappa shape index (κ1) is 18.3. The SMILES string of the molecule is O=C(C1CCCC1)N1C[C@@H]2CN(Cc3ccc(F)cc3F)C[C@]2(C(=O)O)C1. The fourth-order valence-corrected chi connectivity index (χ4v) is 5.08. The molecule has 1 aliphatic carbocycles. The van der Waals surface area contributed by atoms with Crippen molar-refractivity contribution in [2.45, 2.75) is 32.2 Å². The van der Waals surface area contributed by atoms with Crippen LogP contribution < -0.4 is 0 Å². The van der Waals surface area contributed by atoms with Crippen molar-refractivity contribution in [2.24, 2.45) is 17.3 Å². The number of benzene rings is 1. The predicted octanol–water partition coefficient (Wildman–Crippen LogP) is 2.50. The average molecular weight is 378 g/mol. The molecule has 27 heavy (non-hydrogen) atoms. The molecule has 0 bridgehead atoms. The van der Waals surface area contributed by atoms with Crippen LogP contribution in [0.1, 0.15) is 31.2 Å². The number of likely N-dealkylation sites (tertiary alicyclic amines) is 2. The fraction of sp³-hybridized carbons (Fsp3) is 0.600. The van der Waals surface area contributed by atoms with Crippen molar-refractivity contribution < 1.29 is 23.5 Å². The van der Waals surface area contributed by atoms with E-state index in [4.69, 9.17) is 0 Å². The Labute approximate surface area is 156 Å². The number of nitrogens with zero attached hydrogens (tertiary/aromatic N) is 2. The summed E-state index contributed by atoms with van der Waals surface area (Å²) in [6.45, 7) is 1.69. The van der Waals surface area contributed by atoms with E-state index in [0.717, 1.165) is 31.7 Å². The zero-order valence-electron chi connectivity index (χ0n) is 15.2. The number of carboxylic acid groups (broad SMARTS) is 1. The molecule has 146 valence electrons. The summed E-state index contributed by atoms with van der Waals surface area (Å²) in [5.41, 5.74) is -0.638. The Kier molecular flexibility index (Phi) is 4.66. The summed E-state index contributed by atoms with van der Waals surface area (Å²) in [5, 5.41) is 9.93. The number of hydrogen-bond donors (Lipinski definition) is 1. The molecular weight excluding hydrogens is 354 g/mol. The summed E-state index contributed by atoms with van der Waals surface area (Å²) < 4.78 is 27.0. The fourth-order valence-electron chi connectivity index (χ4n) is 5.08. The third-order valence-electron chi connectivity index (χ3n) is 6.53. The molecule has 1 aromatic carbocycles. The smallest absolute Gasteiger partial charge is 0.313 e. The molecule has 4 rings (SSSR count). The van der Waals surface area contributed by atoms with E-state index in [2.05, 4.69) is 0 Å². The van der Waals surface area contributed by atoms with Gasteiger partial charge in [0, 0.05) is 56.2 Å². The number of carbonyl (C=O) groups is 2. The van der Waals surface area contributed by atoms with E-state index in [-0.39, 0.29) is 37.4 Å². The third kappa shape index (κ3) is 3.22. The van der Waals surface area contributed by atoms with E-state index in [1.807, 2.05) is 4.90 Å². The number of carbonyl (C=O) groups excluding carboxylic acids is 1. The van der Waals surface area contributed by atoms with Crippen molar-refractivity contribution in [3.63, 3.8) is 0 Å². The molecule has 3 fully saturated rings. The second kappa shape index (κ2) is 6.86. The van der Waals surface area contributed by atoms with Gasteiger partial charge in [-0.05, 0) is 18.9 Å². The Hall–Kier alpha value is -2.02. The topological polar surface area (TPSA) is 60.9 Å². The number of carboxylic acids is 1. The number of hydrogen-bond acceptors (Lipinski definition) is 3. The molecule has 2 atom stereocenters. The minimum atomic E-state index is -0.995. The summed E-state index contributed by atoms with van der Waals surface area (Å²) in [6.07, 6.45) is 3.93. The largest absolute Gasteiger partial charge is 0.481 e. The van der Waals surface area contributed by atoms with Crippen LogP contribution in [0.5, 0.6) is 0 Å². The molecule has 0 unspecified atom stereocenters. The lowest BCUT2D eigenvalue weighted by Gasteiger charge is -2.27. The summed E-state index contributed by atoms with van der Waals surface area (Å²) in [4.78, 5) is 28.5. The third-order valence-corrected chi connectivity index (χ3v) is 6.53. The van der Waals surface area contributed by atoms with Crippen molar-refractivity contribution in [3.05, 3.63) is 35.4 Å². The number of amides is 1. The second-order valence-electron chi connectivity index (χ2n) is 8.26. The molecule has 2 aliphatic heterocycles. The number of rotatable bonds is 4. The lowest BCUT2D eigenvalue weighted by Crippen LogP contribution is -2.43. The normalized spacial score (nSPS) is 28.7. The molecule has 3 aliphatic rings. The van der Waals surface area contributed by atoms with E-state index in [1.165, 1.54) is 12.1 Å². The minimum Gasteiger partial charge on any atom is -0.481 e. The van der Waals surface area contributed by atoms with Gasteiger partial charge in [0.25, 0.3) is 0 Å². The number of aliphatic carboxylic acids is 1. The molecule has 0 aromatic heterocycles. The Morgan fingerprint density at radius 2 is 1.89 bits per heavy atom. The van der Waals surface area contributed by atoms with Gasteiger partial charge in [0.1, 0.15) is 17.0 Å². The molecule has 0 spiro atoms. The van der Waals surface area contributed by atoms with Crippen LogP contribution in [0.4, 0.5) is 8.78 Å². The van der Waals surface area contributed by atoms with Crippen LogP contribution in [-0.4, -0.2) is 53.0 Å². The highest BCUT2D eigenvalue weighted by Crippen LogP contribution is 2.44. The number of fused-ring (bicyclic) bond motifs is 1. The van der Waals surface area contributed by atoms with Gasteiger partial charge in [-0.15, -0.1) is 0 Å². The van der Waals surface area contributed by atoms with Crippen molar-refractivity contribution in [1.29, 1.82) is 0 Å². The van der Waals surface area contributed by atoms with Gasteiger partial charge in [-0.3, -0.25) is 14.5 Å². The maximum absolute atomic E-state index is 14.0. The van der Waals surface area contributed by atoms with Gasteiger partial charge in [0.05, 0.1) is 0 Å². The molecule has 1 aromatic rings. The highest BCUT2D eigenvalue weighted by atomic mass is 19.1. The second-order valence-corrected chi connectivity index (χ2v) is 8.26. The van der Waals surface area contributed by atoms with Gasteiger partial charge in [-0.2, -0.15) is 0 Å². The Bertz CT molecular complexity index is 766. The zero-order chi connectivity index (χ0) is 19.2. The highest BCUT2D eigenvalue weighted by Gasteiger charge is 2.58. The van der Waals surface area contributed by atoms with Crippen LogP contribution in [0, 0.1) is 28.9 Å². The van der Waals surface area contributed by atoms with Gasteiger partial charge >= 0.3 is 5.97 Å². The summed E-state index contributed by atoms with van der Waals surface area (Å²) in [6, 6.07) is 3.47. The van der Waals surface area contributed by atoms with Gasteiger partial charge in [-0.1, -0.05) is 18.9 Å². The first-order chi connectivity index (χ1) is 12.9. The molecule has 1 N–H and O–H groups in total. The molecule has 1 saturated carbocycles. The Morgan fingerprint density at radius 3 is 2.52 bits per heavy atom. The van der Waals surface area contributed by atoms with Crippen LogP contribution in [0.3, 0.4) is 0 Å². The predicted molar refractivity (Wildman–Crippen MR) is 93.7 cm³/mol. The highest BCUT2D eigenvalue weighted by molar-refractivity contribution is 5.83. The summed E-state index contributed by atoms with van der Waals surface area (Å²) >= 11 is 0. The molecular formula is C20H24F2N2O3. The number of halogens is 2. The van der Waals surface area contributed by atoms with Crippen molar-refractivity contribution in [2.75, 3.05) is 26.2 Å². The average Bonchev–Trinajstić information content (AvgIpc) is 3.31. The molecule has 5 nitrogen and oxygen atoms in total. The molecule has 0 radical (unpaired) electrons. The standard InChI is InChI=1S/C20H24F2N2O3/c21-16-6-5-14(17(22)7-16)8-23-9-15-10-24(12-20(15,11-23)19(26)27)18(25)13-3-1-2-4-13/h5-7,13,15H,1-4,8-12H2,(H,26,27)/t15-,20-/m0/s1.